The van der Waals surface area contributed by atoms with Crippen molar-refractivity contribution >= 4 is 17.4 Å². The molecular formula is C33H43N7O3. The smallest absolute Gasteiger partial charge is 0.318 e. The van der Waals surface area contributed by atoms with Crippen LogP contribution < -0.4 is 19.3 Å². The maximum Gasteiger partial charge on any atom is 0.318 e. The summed E-state index contributed by atoms with van der Waals surface area (Å²) in [7, 11) is 1.72. The lowest BCUT2D eigenvalue weighted by Crippen LogP contribution is -2.55. The van der Waals surface area contributed by atoms with Gasteiger partial charge in [-0.2, -0.15) is 15.2 Å². The lowest BCUT2D eigenvalue weighted by atomic mass is 9.88. The Morgan fingerprint density at radius 1 is 1.14 bits per heavy atom. The average Bonchev–Trinajstić information content (AvgIpc) is 3.57. The summed E-state index contributed by atoms with van der Waals surface area (Å²) >= 11 is 0. The SMILES string of the molecule is C=CC(=O)N1CCN(c2nc(OCCN3CCCC3)nc3c2CCC(N2CCCc4cc(OC)ccc42)C3)CC1CC#N. The summed E-state index contributed by atoms with van der Waals surface area (Å²) in [6.45, 7) is 10.1. The van der Waals surface area contributed by atoms with Gasteiger partial charge < -0.3 is 24.2 Å². The number of nitrogens with zero attached hydrogens (tertiary/aromatic N) is 7. The van der Waals surface area contributed by atoms with Crippen molar-refractivity contribution in [2.75, 3.05) is 69.3 Å². The van der Waals surface area contributed by atoms with Crippen molar-refractivity contribution in [1.29, 1.82) is 5.26 Å². The van der Waals surface area contributed by atoms with Crippen molar-refractivity contribution in [3.05, 3.63) is 47.7 Å². The fourth-order valence-corrected chi connectivity index (χ4v) is 7.26. The molecule has 0 spiro atoms. The van der Waals surface area contributed by atoms with E-state index < -0.39 is 0 Å². The number of fused-ring (bicyclic) bond motifs is 2. The number of carbonyl (C=O) groups is 1. The Labute approximate surface area is 254 Å². The summed E-state index contributed by atoms with van der Waals surface area (Å²) < 4.78 is 11.7. The molecule has 1 aromatic heterocycles. The molecule has 0 radical (unpaired) electrons. The highest BCUT2D eigenvalue weighted by Crippen LogP contribution is 2.38. The first-order valence-corrected chi connectivity index (χ1v) is 15.8. The molecule has 0 bridgehead atoms. The van der Waals surface area contributed by atoms with Crippen LogP contribution in [0.3, 0.4) is 0 Å². The van der Waals surface area contributed by atoms with E-state index in [1.165, 1.54) is 35.7 Å². The van der Waals surface area contributed by atoms with Gasteiger partial charge in [0, 0.05) is 56.4 Å². The zero-order chi connectivity index (χ0) is 29.8. The van der Waals surface area contributed by atoms with Crippen LogP contribution in [0.2, 0.25) is 0 Å². The van der Waals surface area contributed by atoms with Crippen molar-refractivity contribution in [2.24, 2.45) is 0 Å². The number of benzene rings is 1. The molecule has 228 valence electrons. The van der Waals surface area contributed by atoms with E-state index >= 15 is 0 Å². The van der Waals surface area contributed by atoms with Crippen LogP contribution in [0.1, 0.15) is 48.9 Å². The monoisotopic (exact) mass is 585 g/mol. The zero-order valence-electron chi connectivity index (χ0n) is 25.3. The number of ether oxygens (including phenoxy) is 2. The third kappa shape index (κ3) is 6.28. The van der Waals surface area contributed by atoms with Crippen LogP contribution in [0.5, 0.6) is 11.8 Å². The van der Waals surface area contributed by atoms with E-state index in [1.54, 1.807) is 12.0 Å². The van der Waals surface area contributed by atoms with Gasteiger partial charge >= 0.3 is 6.01 Å². The topological polar surface area (TPSA) is 98.1 Å². The molecule has 10 nitrogen and oxygen atoms in total. The maximum atomic E-state index is 12.5. The van der Waals surface area contributed by atoms with Crippen molar-refractivity contribution in [3.63, 3.8) is 0 Å². The molecule has 2 fully saturated rings. The van der Waals surface area contributed by atoms with Crippen molar-refractivity contribution in [3.8, 4) is 17.8 Å². The second kappa shape index (κ2) is 13.2. The Balaban J connectivity index is 1.27. The first-order chi connectivity index (χ1) is 21.1. The predicted molar refractivity (Wildman–Crippen MR) is 166 cm³/mol. The Morgan fingerprint density at radius 2 is 2.00 bits per heavy atom. The summed E-state index contributed by atoms with van der Waals surface area (Å²) in [5.74, 6) is 1.68. The molecule has 4 heterocycles. The van der Waals surface area contributed by atoms with Gasteiger partial charge in [-0.25, -0.2) is 0 Å². The van der Waals surface area contributed by atoms with Gasteiger partial charge in [0.25, 0.3) is 0 Å². The third-order valence-corrected chi connectivity index (χ3v) is 9.49. The summed E-state index contributed by atoms with van der Waals surface area (Å²) in [4.78, 5) is 31.6. The molecule has 2 aromatic rings. The normalized spacial score (nSPS) is 22.0. The number of methoxy groups -OCH3 is 1. The minimum Gasteiger partial charge on any atom is -0.497 e. The lowest BCUT2D eigenvalue weighted by Gasteiger charge is -2.43. The van der Waals surface area contributed by atoms with Crippen LogP contribution in [0.25, 0.3) is 0 Å². The first kappa shape index (κ1) is 29.2. The first-order valence-electron chi connectivity index (χ1n) is 15.8. The van der Waals surface area contributed by atoms with E-state index in [2.05, 4.69) is 45.5 Å². The molecule has 0 N–H and O–H groups in total. The second-order valence-corrected chi connectivity index (χ2v) is 12.0. The standard InChI is InChI=1S/C33H43N7O3/c1-3-31(41)40-18-17-38(23-26(40)12-13-34)32-28-10-8-25(39-16-6-7-24-21-27(42-2)9-11-30(24)39)22-29(28)35-33(36-32)43-20-19-37-14-4-5-15-37/h3,9,11,21,25-26H,1,4-8,10,12,14-20,22-23H2,2H3. The molecule has 2 saturated heterocycles. The number of amides is 1. The van der Waals surface area contributed by atoms with E-state index in [-0.39, 0.29) is 18.4 Å². The van der Waals surface area contributed by atoms with Crippen molar-refractivity contribution in [1.82, 2.24) is 19.8 Å². The number of piperazine rings is 1. The molecule has 6 rings (SSSR count). The van der Waals surface area contributed by atoms with Crippen LogP contribution in [-0.2, 0) is 24.1 Å². The van der Waals surface area contributed by atoms with Crippen LogP contribution in [-0.4, -0.2) is 97.3 Å². The summed E-state index contributed by atoms with van der Waals surface area (Å²) in [6, 6.07) is 9.28. The highest BCUT2D eigenvalue weighted by molar-refractivity contribution is 5.87. The molecular weight excluding hydrogens is 542 g/mol. The summed E-state index contributed by atoms with van der Waals surface area (Å²) in [5, 5.41) is 9.53. The molecule has 2 unspecified atom stereocenters. The Bertz CT molecular complexity index is 1370. The average molecular weight is 586 g/mol. The molecule has 43 heavy (non-hydrogen) atoms. The van der Waals surface area contributed by atoms with Crippen LogP contribution in [0, 0.1) is 11.3 Å². The number of carbonyl (C=O) groups excluding carboxylic acids is 1. The Hall–Kier alpha value is -3.84. The summed E-state index contributed by atoms with van der Waals surface area (Å²) in [5.41, 5.74) is 4.88. The van der Waals surface area contributed by atoms with Gasteiger partial charge in [0.05, 0.1) is 31.3 Å². The Morgan fingerprint density at radius 3 is 2.79 bits per heavy atom. The van der Waals surface area contributed by atoms with E-state index in [0.29, 0.717) is 38.3 Å². The number of hydrogen-bond acceptors (Lipinski definition) is 9. The fraction of sp³-hybridized carbons (Fsp3) is 0.576. The number of likely N-dealkylation sites (tertiary alicyclic amines) is 1. The minimum absolute atomic E-state index is 0.127. The van der Waals surface area contributed by atoms with E-state index in [1.807, 2.05) is 0 Å². The third-order valence-electron chi connectivity index (χ3n) is 9.49. The minimum atomic E-state index is -0.215. The molecule has 1 aliphatic carbocycles. The number of hydrogen-bond donors (Lipinski definition) is 0. The molecule has 10 heteroatoms. The van der Waals surface area contributed by atoms with Gasteiger partial charge in [-0.3, -0.25) is 9.69 Å². The number of aryl methyl sites for hydroxylation is 1. The second-order valence-electron chi connectivity index (χ2n) is 12.0. The lowest BCUT2D eigenvalue weighted by molar-refractivity contribution is -0.128. The molecule has 4 aliphatic rings. The molecule has 1 amide bonds. The molecule has 2 atom stereocenters. The fourth-order valence-electron chi connectivity index (χ4n) is 7.26. The predicted octanol–water partition coefficient (Wildman–Crippen LogP) is 3.39. The number of aromatic nitrogens is 2. The van der Waals surface area contributed by atoms with E-state index in [4.69, 9.17) is 19.4 Å². The number of rotatable bonds is 9. The van der Waals surface area contributed by atoms with Crippen LogP contribution in [0.4, 0.5) is 11.5 Å². The highest BCUT2D eigenvalue weighted by atomic mass is 16.5. The molecule has 0 saturated carbocycles. The summed E-state index contributed by atoms with van der Waals surface area (Å²) in [6.07, 6.45) is 9.01. The Kier molecular flexibility index (Phi) is 8.98. The quantitative estimate of drug-likeness (QED) is 0.410. The van der Waals surface area contributed by atoms with Gasteiger partial charge in [-0.05, 0) is 81.5 Å². The number of nitriles is 1. The van der Waals surface area contributed by atoms with Crippen molar-refractivity contribution < 1.29 is 14.3 Å². The van der Waals surface area contributed by atoms with Crippen LogP contribution >= 0.6 is 0 Å². The van der Waals surface area contributed by atoms with Gasteiger partial charge in [-0.1, -0.05) is 6.58 Å². The maximum absolute atomic E-state index is 12.5. The van der Waals surface area contributed by atoms with E-state index in [9.17, 15) is 10.1 Å². The number of anilines is 2. The molecule has 1 aromatic carbocycles. The van der Waals surface area contributed by atoms with Gasteiger partial charge in [-0.15, -0.1) is 0 Å². The van der Waals surface area contributed by atoms with Gasteiger partial charge in [0.2, 0.25) is 5.91 Å². The van der Waals surface area contributed by atoms with E-state index in [0.717, 1.165) is 75.5 Å². The van der Waals surface area contributed by atoms with Gasteiger partial charge in [0.15, 0.2) is 0 Å². The van der Waals surface area contributed by atoms with Gasteiger partial charge in [0.1, 0.15) is 18.2 Å². The van der Waals surface area contributed by atoms with Crippen LogP contribution in [0.15, 0.2) is 30.9 Å². The largest absolute Gasteiger partial charge is 0.497 e. The molecule has 3 aliphatic heterocycles. The highest BCUT2D eigenvalue weighted by Gasteiger charge is 2.35. The zero-order valence-corrected chi connectivity index (χ0v) is 25.3. The van der Waals surface area contributed by atoms with Crippen molar-refractivity contribution in [2.45, 2.75) is 63.5 Å².